The van der Waals surface area contributed by atoms with Gasteiger partial charge in [0, 0.05) is 19.3 Å². The minimum absolute atomic E-state index is 0.0143. The van der Waals surface area contributed by atoms with Crippen molar-refractivity contribution >= 4 is 22.6 Å². The zero-order chi connectivity index (χ0) is 23.7. The van der Waals surface area contributed by atoms with Gasteiger partial charge in [-0.1, -0.05) is 36.4 Å². The van der Waals surface area contributed by atoms with Gasteiger partial charge < -0.3 is 14.8 Å². The van der Waals surface area contributed by atoms with Crippen LogP contribution in [0.3, 0.4) is 0 Å². The summed E-state index contributed by atoms with van der Waals surface area (Å²) in [6, 6.07) is 21.2. The Morgan fingerprint density at radius 3 is 2.56 bits per heavy atom. The Morgan fingerprint density at radius 2 is 1.82 bits per heavy atom. The highest BCUT2D eigenvalue weighted by Crippen LogP contribution is 2.51. The molecular weight excluding hydrogens is 448 g/mol. The van der Waals surface area contributed by atoms with Gasteiger partial charge in [-0.15, -0.1) is 6.58 Å². The molecule has 1 atom stereocenters. The molecule has 0 aromatic heterocycles. The molecule has 2 aliphatic rings. The van der Waals surface area contributed by atoms with Crippen LogP contribution in [0.5, 0.6) is 11.5 Å². The largest absolute Gasteiger partial charge is 0.454 e. The molecular formula is C27H26N2O4S. The van der Waals surface area contributed by atoms with Crippen molar-refractivity contribution in [2.45, 2.75) is 23.2 Å². The predicted octanol–water partition coefficient (Wildman–Crippen LogP) is 4.89. The second kappa shape index (κ2) is 9.08. The van der Waals surface area contributed by atoms with E-state index in [2.05, 4.69) is 11.9 Å². The van der Waals surface area contributed by atoms with Crippen molar-refractivity contribution in [2.75, 3.05) is 25.7 Å². The number of hydrogen-bond donors (Lipinski definition) is 1. The third-order valence-corrected chi connectivity index (χ3v) is 7.68. The maximum absolute atomic E-state index is 13.3. The van der Waals surface area contributed by atoms with Crippen LogP contribution in [0.2, 0.25) is 0 Å². The van der Waals surface area contributed by atoms with Crippen LogP contribution in [0.25, 0.3) is 11.1 Å². The highest BCUT2D eigenvalue weighted by Gasteiger charge is 2.51. The monoisotopic (exact) mass is 474 g/mol. The molecule has 5 rings (SSSR count). The van der Waals surface area contributed by atoms with Crippen molar-refractivity contribution < 1.29 is 18.5 Å². The SMILES string of the molecule is C=CCN(C)S(=O)c1ccc(-c2cccc(NC(=O)C3(c4ccc5c(c4)OCO5)CC3)c2)cc1. The summed E-state index contributed by atoms with van der Waals surface area (Å²) in [6.45, 7) is 4.45. The number of anilines is 1. The Morgan fingerprint density at radius 1 is 1.06 bits per heavy atom. The summed E-state index contributed by atoms with van der Waals surface area (Å²) in [5.41, 5.74) is 3.13. The molecule has 34 heavy (non-hydrogen) atoms. The van der Waals surface area contributed by atoms with E-state index in [0.29, 0.717) is 12.3 Å². The Bertz CT molecular complexity index is 1270. The third-order valence-electron chi connectivity index (χ3n) is 6.29. The van der Waals surface area contributed by atoms with Crippen molar-refractivity contribution in [2.24, 2.45) is 0 Å². The van der Waals surface area contributed by atoms with E-state index in [1.165, 1.54) is 0 Å². The highest BCUT2D eigenvalue weighted by atomic mass is 32.2. The van der Waals surface area contributed by atoms with Gasteiger partial charge in [0.1, 0.15) is 11.0 Å². The van der Waals surface area contributed by atoms with Crippen molar-refractivity contribution in [3.05, 3.63) is 84.9 Å². The van der Waals surface area contributed by atoms with E-state index in [1.54, 1.807) is 17.4 Å². The number of carbonyl (C=O) groups excluding carboxylic acids is 1. The lowest BCUT2D eigenvalue weighted by Crippen LogP contribution is -2.27. The van der Waals surface area contributed by atoms with E-state index in [0.717, 1.165) is 45.9 Å². The van der Waals surface area contributed by atoms with Gasteiger partial charge in [-0.25, -0.2) is 8.51 Å². The number of amides is 1. The molecule has 1 aliphatic heterocycles. The molecule has 6 nitrogen and oxygen atoms in total. The van der Waals surface area contributed by atoms with Crippen LogP contribution in [0.15, 0.2) is 84.3 Å². The van der Waals surface area contributed by atoms with Crippen molar-refractivity contribution in [3.63, 3.8) is 0 Å². The van der Waals surface area contributed by atoms with E-state index >= 15 is 0 Å². The molecule has 0 radical (unpaired) electrons. The molecule has 1 fully saturated rings. The van der Waals surface area contributed by atoms with Crippen molar-refractivity contribution in [1.29, 1.82) is 0 Å². The molecule has 1 unspecified atom stereocenters. The van der Waals surface area contributed by atoms with E-state index in [1.807, 2.05) is 66.7 Å². The summed E-state index contributed by atoms with van der Waals surface area (Å²) in [5, 5.41) is 3.10. The lowest BCUT2D eigenvalue weighted by molar-refractivity contribution is -0.118. The number of likely N-dealkylation sites (N-methyl/N-ethyl adjacent to an activating group) is 1. The standard InChI is InChI=1S/C27H26N2O4S/c1-3-15-29(2)34(31)23-10-7-19(8-11-23)20-5-4-6-22(16-20)28-26(30)27(13-14-27)21-9-12-24-25(17-21)33-18-32-24/h3-12,16-17H,1,13-15,18H2,2H3,(H,28,30). The number of carbonyl (C=O) groups is 1. The molecule has 0 spiro atoms. The van der Waals surface area contributed by atoms with Gasteiger partial charge in [-0.05, 0) is 65.9 Å². The molecule has 7 heteroatoms. The number of nitrogens with zero attached hydrogens (tertiary/aromatic N) is 1. The molecule has 1 saturated carbocycles. The van der Waals surface area contributed by atoms with E-state index < -0.39 is 16.4 Å². The van der Waals surface area contributed by atoms with Crippen LogP contribution in [-0.2, 0) is 21.2 Å². The normalized spacial score (nSPS) is 16.2. The fourth-order valence-electron chi connectivity index (χ4n) is 4.19. The topological polar surface area (TPSA) is 67.9 Å². The summed E-state index contributed by atoms with van der Waals surface area (Å²) >= 11 is 0. The smallest absolute Gasteiger partial charge is 0.235 e. The molecule has 3 aromatic carbocycles. The Kier molecular flexibility index (Phi) is 5.98. The maximum Gasteiger partial charge on any atom is 0.235 e. The first-order chi connectivity index (χ1) is 16.5. The third kappa shape index (κ3) is 4.24. The van der Waals surface area contributed by atoms with Gasteiger partial charge in [-0.3, -0.25) is 4.79 Å². The summed E-state index contributed by atoms with van der Waals surface area (Å²) in [4.78, 5) is 14.0. The molecule has 0 saturated heterocycles. The van der Waals surface area contributed by atoms with Gasteiger partial charge >= 0.3 is 0 Å². The average Bonchev–Trinajstić information content (AvgIpc) is 3.55. The minimum Gasteiger partial charge on any atom is -0.454 e. The number of fused-ring (bicyclic) bond motifs is 1. The highest BCUT2D eigenvalue weighted by molar-refractivity contribution is 7.82. The van der Waals surface area contributed by atoms with Gasteiger partial charge in [-0.2, -0.15) is 0 Å². The van der Waals surface area contributed by atoms with Gasteiger partial charge in [0.15, 0.2) is 11.5 Å². The fourth-order valence-corrected chi connectivity index (χ4v) is 5.16. The summed E-state index contributed by atoms with van der Waals surface area (Å²) in [7, 11) is 0.562. The Labute approximate surface area is 201 Å². The molecule has 1 aliphatic carbocycles. The quantitative estimate of drug-likeness (QED) is 0.472. The lowest BCUT2D eigenvalue weighted by atomic mass is 9.94. The first-order valence-electron chi connectivity index (χ1n) is 11.2. The molecule has 1 heterocycles. The molecule has 1 N–H and O–H groups in total. The number of benzene rings is 3. The van der Waals surface area contributed by atoms with Crippen LogP contribution in [0, 0.1) is 0 Å². The van der Waals surface area contributed by atoms with Crippen LogP contribution in [0.1, 0.15) is 18.4 Å². The second-order valence-corrected chi connectivity index (χ2v) is 10.2. The van der Waals surface area contributed by atoms with Crippen molar-refractivity contribution in [1.82, 2.24) is 4.31 Å². The van der Waals surface area contributed by atoms with Crippen LogP contribution in [-0.4, -0.2) is 34.8 Å². The average molecular weight is 475 g/mol. The predicted molar refractivity (Wildman–Crippen MR) is 133 cm³/mol. The van der Waals surface area contributed by atoms with Gasteiger partial charge in [0.05, 0.1) is 10.3 Å². The van der Waals surface area contributed by atoms with Crippen LogP contribution >= 0.6 is 0 Å². The lowest BCUT2D eigenvalue weighted by Gasteiger charge is -2.17. The van der Waals surface area contributed by atoms with Crippen LogP contribution in [0.4, 0.5) is 5.69 Å². The minimum atomic E-state index is -1.24. The summed E-state index contributed by atoms with van der Waals surface area (Å²) in [5.74, 6) is 1.40. The molecule has 0 bridgehead atoms. The zero-order valence-corrected chi connectivity index (χ0v) is 19.8. The van der Waals surface area contributed by atoms with Crippen molar-refractivity contribution in [3.8, 4) is 22.6 Å². The fraction of sp³-hybridized carbons (Fsp3) is 0.222. The van der Waals surface area contributed by atoms with Gasteiger partial charge in [0.25, 0.3) is 0 Å². The number of nitrogens with one attached hydrogen (secondary N) is 1. The number of rotatable bonds is 8. The molecule has 1 amide bonds. The first kappa shape index (κ1) is 22.4. The number of hydrogen-bond acceptors (Lipinski definition) is 4. The van der Waals surface area contributed by atoms with Crippen LogP contribution < -0.4 is 14.8 Å². The number of ether oxygens (including phenoxy) is 2. The summed E-state index contributed by atoms with van der Waals surface area (Å²) in [6.07, 6.45) is 3.33. The van der Waals surface area contributed by atoms with E-state index in [9.17, 15) is 9.00 Å². The summed E-state index contributed by atoms with van der Waals surface area (Å²) < 4.78 is 25.2. The Hall–Kier alpha value is -3.42. The van der Waals surface area contributed by atoms with E-state index in [4.69, 9.17) is 9.47 Å². The maximum atomic E-state index is 13.3. The van der Waals surface area contributed by atoms with E-state index in [-0.39, 0.29) is 12.7 Å². The Balaban J connectivity index is 1.31. The second-order valence-electron chi connectivity index (χ2n) is 8.56. The zero-order valence-electron chi connectivity index (χ0n) is 19.0. The first-order valence-corrected chi connectivity index (χ1v) is 12.3. The van der Waals surface area contributed by atoms with Gasteiger partial charge in [0.2, 0.25) is 12.7 Å². The molecule has 3 aromatic rings. The molecule has 174 valence electrons.